The lowest BCUT2D eigenvalue weighted by atomic mass is 9.84. The van der Waals surface area contributed by atoms with Crippen molar-refractivity contribution in [1.82, 2.24) is 30.3 Å². The Bertz CT molecular complexity index is 843. The van der Waals surface area contributed by atoms with Gasteiger partial charge in [0.15, 0.2) is 0 Å². The van der Waals surface area contributed by atoms with Crippen molar-refractivity contribution in [1.29, 1.82) is 0 Å². The van der Waals surface area contributed by atoms with Crippen LogP contribution in [0.3, 0.4) is 0 Å². The van der Waals surface area contributed by atoms with Gasteiger partial charge in [0.25, 0.3) is 0 Å². The predicted octanol–water partition coefficient (Wildman–Crippen LogP) is 4.10. The molecule has 2 N–H and O–H groups in total. The van der Waals surface area contributed by atoms with Crippen molar-refractivity contribution in [3.05, 3.63) is 53.7 Å². The van der Waals surface area contributed by atoms with Gasteiger partial charge in [-0.15, -0.1) is 0 Å². The highest BCUT2D eigenvalue weighted by Gasteiger charge is 2.17. The molecular formula is C21H28N6. The third-order valence-electron chi connectivity index (χ3n) is 5.61. The van der Waals surface area contributed by atoms with E-state index in [0.29, 0.717) is 0 Å². The molecule has 0 unspecified atom stereocenters. The molecule has 1 aromatic carbocycles. The minimum absolute atomic E-state index is 0.106. The molecule has 27 heavy (non-hydrogen) atoms. The van der Waals surface area contributed by atoms with Gasteiger partial charge in [-0.1, -0.05) is 43.5 Å². The monoisotopic (exact) mass is 364 g/mol. The van der Waals surface area contributed by atoms with E-state index < -0.39 is 0 Å². The Labute approximate surface area is 160 Å². The number of aromatic nitrogens is 5. The Balaban J connectivity index is 1.48. The van der Waals surface area contributed by atoms with Gasteiger partial charge in [-0.2, -0.15) is 10.2 Å². The van der Waals surface area contributed by atoms with E-state index in [2.05, 4.69) is 57.9 Å². The molecule has 1 aliphatic rings. The predicted molar refractivity (Wildman–Crippen MR) is 106 cm³/mol. The smallest absolute Gasteiger partial charge is 0.141 e. The largest absolute Gasteiger partial charge is 0.303 e. The fourth-order valence-corrected chi connectivity index (χ4v) is 4.04. The normalized spacial score (nSPS) is 16.5. The summed E-state index contributed by atoms with van der Waals surface area (Å²) in [6.45, 7) is 2.81. The van der Waals surface area contributed by atoms with E-state index in [1.54, 1.807) is 0 Å². The summed E-state index contributed by atoms with van der Waals surface area (Å²) in [4.78, 5) is 4.22. The molecule has 0 radical (unpaired) electrons. The summed E-state index contributed by atoms with van der Waals surface area (Å²) in [5.41, 5.74) is 4.89. The van der Waals surface area contributed by atoms with Crippen LogP contribution in [0.2, 0.25) is 0 Å². The maximum atomic E-state index is 4.70. The van der Waals surface area contributed by atoms with Gasteiger partial charge in [-0.3, -0.25) is 9.78 Å². The number of nitrogens with one attached hydrogen (secondary N) is 2. The van der Waals surface area contributed by atoms with Gasteiger partial charge in [0.1, 0.15) is 12.2 Å². The maximum Gasteiger partial charge on any atom is 0.141 e. The summed E-state index contributed by atoms with van der Waals surface area (Å²) in [5.74, 6) is 1.58. The quantitative estimate of drug-likeness (QED) is 0.691. The molecule has 3 aromatic rings. The summed E-state index contributed by atoms with van der Waals surface area (Å²) >= 11 is 0. The van der Waals surface area contributed by atoms with E-state index in [9.17, 15) is 0 Å². The first kappa shape index (κ1) is 17.9. The second kappa shape index (κ2) is 8.05. The molecule has 142 valence electrons. The molecule has 1 saturated carbocycles. The lowest BCUT2D eigenvalue weighted by Gasteiger charge is -2.22. The lowest BCUT2D eigenvalue weighted by molar-refractivity contribution is 0.443. The first-order valence-corrected chi connectivity index (χ1v) is 9.92. The Morgan fingerprint density at radius 1 is 1.19 bits per heavy atom. The van der Waals surface area contributed by atoms with Crippen LogP contribution in [0.5, 0.6) is 0 Å². The molecule has 0 spiro atoms. The number of nitrogens with zero attached hydrogens (tertiary/aromatic N) is 4. The molecule has 1 fully saturated rings. The zero-order valence-corrected chi connectivity index (χ0v) is 16.2. The van der Waals surface area contributed by atoms with Gasteiger partial charge in [0.2, 0.25) is 0 Å². The van der Waals surface area contributed by atoms with Crippen LogP contribution in [0.1, 0.15) is 67.9 Å². The standard InChI is InChI=1S/C21H28N6/c1-15(21-23-14-24-25-21)22-12-19-13-27(2)26-20(19)18-10-8-17(9-11-18)16-6-4-3-5-7-16/h8-11,13-16,22H,3-7,12H2,1-2H3,(H,23,24,25)/t15-/m1/s1. The van der Waals surface area contributed by atoms with Crippen LogP contribution in [0, 0.1) is 0 Å². The molecule has 6 nitrogen and oxygen atoms in total. The van der Waals surface area contributed by atoms with Gasteiger partial charge in [0.05, 0.1) is 11.7 Å². The Morgan fingerprint density at radius 2 is 1.96 bits per heavy atom. The topological polar surface area (TPSA) is 71.4 Å². The van der Waals surface area contributed by atoms with E-state index in [-0.39, 0.29) is 6.04 Å². The fraction of sp³-hybridized carbons (Fsp3) is 0.476. The lowest BCUT2D eigenvalue weighted by Crippen LogP contribution is -2.19. The van der Waals surface area contributed by atoms with Gasteiger partial charge in [0, 0.05) is 30.9 Å². The number of hydrogen-bond acceptors (Lipinski definition) is 4. The highest BCUT2D eigenvalue weighted by molar-refractivity contribution is 5.63. The molecular weight excluding hydrogens is 336 g/mol. The Morgan fingerprint density at radius 3 is 2.67 bits per heavy atom. The number of aromatic amines is 1. The second-order valence-corrected chi connectivity index (χ2v) is 7.61. The highest BCUT2D eigenvalue weighted by atomic mass is 15.3. The zero-order valence-electron chi connectivity index (χ0n) is 16.2. The average Bonchev–Trinajstić information content (AvgIpc) is 3.37. The van der Waals surface area contributed by atoms with Crippen molar-refractivity contribution >= 4 is 0 Å². The summed E-state index contributed by atoms with van der Waals surface area (Å²) in [6.07, 6.45) is 10.4. The Kier molecular flexibility index (Phi) is 5.34. The molecule has 0 aliphatic heterocycles. The molecule has 2 aromatic heterocycles. The van der Waals surface area contributed by atoms with Gasteiger partial charge >= 0.3 is 0 Å². The molecule has 2 heterocycles. The van der Waals surface area contributed by atoms with Crippen molar-refractivity contribution in [2.45, 2.75) is 57.5 Å². The average molecular weight is 364 g/mol. The SMILES string of the molecule is C[C@@H](NCc1cn(C)nc1-c1ccc(C2CCCCC2)cc1)c1ncn[nH]1. The number of H-pyrrole nitrogens is 1. The summed E-state index contributed by atoms with van der Waals surface area (Å²) < 4.78 is 1.89. The molecule has 0 bridgehead atoms. The van der Waals surface area contributed by atoms with Gasteiger partial charge < -0.3 is 5.32 Å². The van der Waals surface area contributed by atoms with Crippen molar-refractivity contribution in [3.63, 3.8) is 0 Å². The van der Waals surface area contributed by atoms with E-state index in [1.165, 1.54) is 55.1 Å². The second-order valence-electron chi connectivity index (χ2n) is 7.61. The van der Waals surface area contributed by atoms with Crippen molar-refractivity contribution in [2.75, 3.05) is 0 Å². The minimum Gasteiger partial charge on any atom is -0.303 e. The maximum absolute atomic E-state index is 4.70. The van der Waals surface area contributed by atoms with Crippen molar-refractivity contribution < 1.29 is 0 Å². The van der Waals surface area contributed by atoms with Crippen molar-refractivity contribution in [3.8, 4) is 11.3 Å². The van der Waals surface area contributed by atoms with E-state index >= 15 is 0 Å². The van der Waals surface area contributed by atoms with Crippen LogP contribution in [0.4, 0.5) is 0 Å². The minimum atomic E-state index is 0.106. The van der Waals surface area contributed by atoms with Crippen LogP contribution in [-0.2, 0) is 13.6 Å². The number of rotatable bonds is 6. The Hall–Kier alpha value is -2.47. The molecule has 1 aliphatic carbocycles. The summed E-state index contributed by atoms with van der Waals surface area (Å²) in [6, 6.07) is 9.17. The van der Waals surface area contributed by atoms with Crippen LogP contribution in [0.15, 0.2) is 36.8 Å². The third kappa shape index (κ3) is 4.11. The molecule has 0 saturated heterocycles. The van der Waals surface area contributed by atoms with Crippen LogP contribution in [-0.4, -0.2) is 25.0 Å². The first-order valence-electron chi connectivity index (χ1n) is 9.92. The zero-order chi connectivity index (χ0) is 18.6. The van der Waals surface area contributed by atoms with Crippen LogP contribution >= 0.6 is 0 Å². The van der Waals surface area contributed by atoms with Gasteiger partial charge in [-0.25, -0.2) is 4.98 Å². The number of benzene rings is 1. The molecule has 0 amide bonds. The fourth-order valence-electron chi connectivity index (χ4n) is 4.04. The number of hydrogen-bond donors (Lipinski definition) is 2. The van der Waals surface area contributed by atoms with Crippen molar-refractivity contribution in [2.24, 2.45) is 7.05 Å². The van der Waals surface area contributed by atoms with Crippen LogP contribution in [0.25, 0.3) is 11.3 Å². The van der Waals surface area contributed by atoms with Gasteiger partial charge in [-0.05, 0) is 31.2 Å². The summed E-state index contributed by atoms with van der Waals surface area (Å²) in [7, 11) is 1.98. The number of aryl methyl sites for hydroxylation is 1. The third-order valence-corrected chi connectivity index (χ3v) is 5.61. The highest BCUT2D eigenvalue weighted by Crippen LogP contribution is 2.33. The molecule has 1 atom stereocenters. The van der Waals surface area contributed by atoms with E-state index in [0.717, 1.165) is 24.0 Å². The molecule has 4 rings (SSSR count). The van der Waals surface area contributed by atoms with Crippen LogP contribution < -0.4 is 5.32 Å². The first-order chi connectivity index (χ1) is 13.2. The molecule has 6 heteroatoms. The van der Waals surface area contributed by atoms with E-state index in [4.69, 9.17) is 5.10 Å². The summed E-state index contributed by atoms with van der Waals surface area (Å²) in [5, 5.41) is 15.0. The van der Waals surface area contributed by atoms with E-state index in [1.807, 2.05) is 11.7 Å².